The molecule has 3 nitrogen and oxygen atoms in total. The number of nitrogens with zero attached hydrogens (tertiary/aromatic N) is 3. The second-order valence-corrected chi connectivity index (χ2v) is 4.32. The third-order valence-corrected chi connectivity index (χ3v) is 2.60. The van der Waals surface area contributed by atoms with Gasteiger partial charge in [0.05, 0.1) is 12.0 Å². The molecule has 0 saturated carbocycles. The van der Waals surface area contributed by atoms with Crippen LogP contribution in [-0.4, -0.2) is 18.1 Å². The van der Waals surface area contributed by atoms with E-state index >= 15 is 0 Å². The summed E-state index contributed by atoms with van der Waals surface area (Å²) < 4.78 is 0.968. The maximum atomic E-state index is 8.77. The molecule has 15 heavy (non-hydrogen) atoms. The zero-order valence-electron chi connectivity index (χ0n) is 8.94. The lowest BCUT2D eigenvalue weighted by atomic mass is 10.2. The van der Waals surface area contributed by atoms with Crippen molar-refractivity contribution in [3.05, 3.63) is 22.8 Å². The van der Waals surface area contributed by atoms with Crippen LogP contribution in [0, 0.1) is 17.2 Å². The van der Waals surface area contributed by atoms with Crippen molar-refractivity contribution in [3.63, 3.8) is 0 Å². The molecule has 1 unspecified atom stereocenters. The Bertz CT molecular complexity index is 342. The lowest BCUT2D eigenvalue weighted by Crippen LogP contribution is -2.28. The van der Waals surface area contributed by atoms with Crippen molar-refractivity contribution in [1.29, 1.82) is 5.26 Å². The first-order chi connectivity index (χ1) is 7.17. The fourth-order valence-corrected chi connectivity index (χ4v) is 1.55. The topological polar surface area (TPSA) is 39.9 Å². The van der Waals surface area contributed by atoms with Crippen LogP contribution < -0.4 is 4.90 Å². The van der Waals surface area contributed by atoms with E-state index in [4.69, 9.17) is 5.26 Å². The van der Waals surface area contributed by atoms with E-state index in [0.717, 1.165) is 23.4 Å². The number of nitriles is 1. The number of anilines is 1. The lowest BCUT2D eigenvalue weighted by Gasteiger charge is -2.22. The van der Waals surface area contributed by atoms with E-state index in [2.05, 4.69) is 38.8 Å². The summed E-state index contributed by atoms with van der Waals surface area (Å²) >= 11 is 3.35. The highest BCUT2D eigenvalue weighted by molar-refractivity contribution is 9.10. The summed E-state index contributed by atoms with van der Waals surface area (Å²) in [5.74, 6) is 0.943. The molecular weight excluding hydrogens is 254 g/mol. The van der Waals surface area contributed by atoms with Crippen molar-refractivity contribution in [2.24, 2.45) is 5.92 Å². The molecule has 0 fully saturated rings. The van der Waals surface area contributed by atoms with E-state index in [-0.39, 0.29) is 5.92 Å². The number of halogens is 1. The summed E-state index contributed by atoms with van der Waals surface area (Å²) in [4.78, 5) is 6.40. The van der Waals surface area contributed by atoms with Gasteiger partial charge in [-0.1, -0.05) is 0 Å². The van der Waals surface area contributed by atoms with Crippen LogP contribution in [0.5, 0.6) is 0 Å². The molecule has 0 amide bonds. The van der Waals surface area contributed by atoms with Crippen molar-refractivity contribution >= 4 is 21.7 Å². The minimum atomic E-state index is 0.0235. The van der Waals surface area contributed by atoms with Crippen molar-refractivity contribution in [3.8, 4) is 6.07 Å². The van der Waals surface area contributed by atoms with Gasteiger partial charge in [0.2, 0.25) is 0 Å². The van der Waals surface area contributed by atoms with Gasteiger partial charge in [-0.2, -0.15) is 5.26 Å². The highest BCUT2D eigenvalue weighted by Crippen LogP contribution is 2.15. The van der Waals surface area contributed by atoms with Gasteiger partial charge >= 0.3 is 0 Å². The van der Waals surface area contributed by atoms with E-state index in [1.807, 2.05) is 19.1 Å². The summed E-state index contributed by atoms with van der Waals surface area (Å²) in [6.45, 7) is 5.57. The fraction of sp³-hybridized carbons (Fsp3) is 0.455. The van der Waals surface area contributed by atoms with Gasteiger partial charge in [0.1, 0.15) is 5.82 Å². The molecule has 0 aliphatic carbocycles. The highest BCUT2D eigenvalue weighted by atomic mass is 79.9. The molecule has 4 heteroatoms. The van der Waals surface area contributed by atoms with E-state index < -0.39 is 0 Å². The third-order valence-electron chi connectivity index (χ3n) is 2.13. The Hall–Kier alpha value is -1.08. The molecule has 0 aliphatic rings. The van der Waals surface area contributed by atoms with Crippen molar-refractivity contribution in [2.45, 2.75) is 13.8 Å². The van der Waals surface area contributed by atoms with Gasteiger partial charge in [0.25, 0.3) is 0 Å². The van der Waals surface area contributed by atoms with E-state index in [1.54, 1.807) is 6.20 Å². The minimum absolute atomic E-state index is 0.0235. The maximum absolute atomic E-state index is 8.77. The van der Waals surface area contributed by atoms with Crippen molar-refractivity contribution in [1.82, 2.24) is 4.98 Å². The first-order valence-electron chi connectivity index (χ1n) is 4.93. The first kappa shape index (κ1) is 12.0. The highest BCUT2D eigenvalue weighted by Gasteiger charge is 2.09. The normalized spacial score (nSPS) is 11.9. The van der Waals surface area contributed by atoms with Gasteiger partial charge in [0, 0.05) is 23.8 Å². The Balaban J connectivity index is 2.75. The van der Waals surface area contributed by atoms with Crippen LogP contribution in [0.2, 0.25) is 0 Å². The summed E-state index contributed by atoms with van der Waals surface area (Å²) in [6, 6.07) is 6.15. The van der Waals surface area contributed by atoms with Gasteiger partial charge in [-0.15, -0.1) is 0 Å². The molecule has 0 aromatic carbocycles. The molecule has 0 saturated heterocycles. The largest absolute Gasteiger partial charge is 0.356 e. The predicted molar refractivity (Wildman–Crippen MR) is 64.6 cm³/mol. The molecule has 1 aromatic heterocycles. The van der Waals surface area contributed by atoms with Crippen LogP contribution >= 0.6 is 15.9 Å². The number of hydrogen-bond donors (Lipinski definition) is 0. The molecule has 80 valence electrons. The Labute approximate surface area is 98.9 Å². The Morgan fingerprint density at radius 2 is 2.33 bits per heavy atom. The van der Waals surface area contributed by atoms with Gasteiger partial charge in [-0.3, -0.25) is 0 Å². The monoisotopic (exact) mass is 267 g/mol. The zero-order valence-corrected chi connectivity index (χ0v) is 10.5. The van der Waals surface area contributed by atoms with Gasteiger partial charge in [-0.05, 0) is 41.9 Å². The quantitative estimate of drug-likeness (QED) is 0.843. The summed E-state index contributed by atoms with van der Waals surface area (Å²) in [5, 5.41) is 8.77. The molecule has 1 heterocycles. The zero-order chi connectivity index (χ0) is 11.3. The second kappa shape index (κ2) is 5.72. The Morgan fingerprint density at radius 3 is 2.80 bits per heavy atom. The molecule has 0 bridgehead atoms. The Kier molecular flexibility index (Phi) is 4.57. The van der Waals surface area contributed by atoms with E-state index in [9.17, 15) is 0 Å². The van der Waals surface area contributed by atoms with Gasteiger partial charge < -0.3 is 4.90 Å². The fourth-order valence-electron chi connectivity index (χ4n) is 1.31. The first-order valence-corrected chi connectivity index (χ1v) is 5.72. The molecule has 1 aromatic rings. The van der Waals surface area contributed by atoms with Crippen LogP contribution in [0.15, 0.2) is 22.8 Å². The average molecular weight is 268 g/mol. The molecule has 0 aliphatic heterocycles. The molecule has 0 N–H and O–H groups in total. The molecule has 1 rings (SSSR count). The summed E-state index contributed by atoms with van der Waals surface area (Å²) in [6.07, 6.45) is 1.77. The standard InChI is InChI=1S/C11H14BrN3/c1-3-15(8-9(2)6-13)11-5-4-10(12)7-14-11/h4-5,7,9H,3,8H2,1-2H3. The SMILES string of the molecule is CCN(CC(C)C#N)c1ccc(Br)cn1. The average Bonchev–Trinajstić information content (AvgIpc) is 2.27. The predicted octanol–water partition coefficient (Wildman–Crippen LogP) is 2.83. The minimum Gasteiger partial charge on any atom is -0.356 e. The van der Waals surface area contributed by atoms with Gasteiger partial charge in [-0.25, -0.2) is 4.98 Å². The third kappa shape index (κ3) is 3.52. The second-order valence-electron chi connectivity index (χ2n) is 3.40. The van der Waals surface area contributed by atoms with E-state index in [0.29, 0.717) is 0 Å². The maximum Gasteiger partial charge on any atom is 0.128 e. The molecular formula is C11H14BrN3. The Morgan fingerprint density at radius 1 is 1.60 bits per heavy atom. The number of pyridine rings is 1. The van der Waals surface area contributed by atoms with Gasteiger partial charge in [0.15, 0.2) is 0 Å². The van der Waals surface area contributed by atoms with Crippen LogP contribution in [-0.2, 0) is 0 Å². The van der Waals surface area contributed by atoms with Crippen LogP contribution in [0.3, 0.4) is 0 Å². The van der Waals surface area contributed by atoms with Crippen LogP contribution in [0.1, 0.15) is 13.8 Å². The van der Waals surface area contributed by atoms with E-state index in [1.165, 1.54) is 0 Å². The smallest absolute Gasteiger partial charge is 0.128 e. The molecule has 1 atom stereocenters. The van der Waals surface area contributed by atoms with Crippen LogP contribution in [0.4, 0.5) is 5.82 Å². The number of rotatable bonds is 4. The summed E-state index contributed by atoms with van der Waals surface area (Å²) in [7, 11) is 0. The summed E-state index contributed by atoms with van der Waals surface area (Å²) in [5.41, 5.74) is 0. The van der Waals surface area contributed by atoms with Crippen molar-refractivity contribution in [2.75, 3.05) is 18.0 Å². The van der Waals surface area contributed by atoms with Crippen molar-refractivity contribution < 1.29 is 0 Å². The number of aromatic nitrogens is 1. The molecule has 0 radical (unpaired) electrons. The number of hydrogen-bond acceptors (Lipinski definition) is 3. The van der Waals surface area contributed by atoms with Crippen LogP contribution in [0.25, 0.3) is 0 Å². The molecule has 0 spiro atoms. The lowest BCUT2D eigenvalue weighted by molar-refractivity contribution is 0.679.